The second kappa shape index (κ2) is 6.44. The first kappa shape index (κ1) is 17.6. The molecule has 4 heterocycles. The number of aromatic amines is 1. The molecular formula is C19H23N7O. The van der Waals surface area contributed by atoms with Crippen molar-refractivity contribution in [3.05, 3.63) is 29.6 Å². The van der Waals surface area contributed by atoms with Crippen LogP contribution in [-0.2, 0) is 17.2 Å². The molecule has 1 unspecified atom stereocenters. The Morgan fingerprint density at radius 1 is 1.41 bits per heavy atom. The number of pyridine rings is 1. The molecule has 0 saturated carbocycles. The standard InChI is InChI=1S/C19H23N7O/c1-11-18(27-8-7-21-11)14-9-12(19(2,3)10-20)17-16(23-14)15(25-26(17)4)13-5-6-22-24-13/h5-6,9,11,18,21H,7-8H2,1-4H3,(H,22,24)/t11?,18-/m1/s1. The Kier molecular flexibility index (Phi) is 4.21. The number of nitrogens with zero attached hydrogens (tertiary/aromatic N) is 5. The van der Waals surface area contributed by atoms with Crippen LogP contribution in [-0.4, -0.2) is 44.2 Å². The first-order chi connectivity index (χ1) is 12.9. The van der Waals surface area contributed by atoms with E-state index in [1.807, 2.05) is 33.0 Å². The molecule has 0 radical (unpaired) electrons. The van der Waals surface area contributed by atoms with E-state index in [0.717, 1.165) is 34.5 Å². The van der Waals surface area contributed by atoms with Gasteiger partial charge in [-0.2, -0.15) is 15.5 Å². The number of hydrogen-bond donors (Lipinski definition) is 2. The molecular weight excluding hydrogens is 342 g/mol. The van der Waals surface area contributed by atoms with Crippen LogP contribution in [0.4, 0.5) is 0 Å². The molecule has 8 heteroatoms. The highest BCUT2D eigenvalue weighted by Gasteiger charge is 2.32. The van der Waals surface area contributed by atoms with Gasteiger partial charge in [-0.05, 0) is 32.9 Å². The largest absolute Gasteiger partial charge is 0.369 e. The van der Waals surface area contributed by atoms with E-state index in [0.29, 0.717) is 12.3 Å². The number of nitriles is 1. The summed E-state index contributed by atoms with van der Waals surface area (Å²) < 4.78 is 7.79. The van der Waals surface area contributed by atoms with Gasteiger partial charge in [0.25, 0.3) is 0 Å². The van der Waals surface area contributed by atoms with Crippen molar-refractivity contribution < 1.29 is 4.74 Å². The number of nitrogens with one attached hydrogen (secondary N) is 2. The smallest absolute Gasteiger partial charge is 0.139 e. The predicted octanol–water partition coefficient (Wildman–Crippen LogP) is 2.21. The Balaban J connectivity index is 2.01. The van der Waals surface area contributed by atoms with E-state index in [-0.39, 0.29) is 12.1 Å². The van der Waals surface area contributed by atoms with E-state index in [9.17, 15) is 5.26 Å². The number of H-pyrrole nitrogens is 1. The fraction of sp³-hybridized carbons (Fsp3) is 0.474. The van der Waals surface area contributed by atoms with Crippen LogP contribution < -0.4 is 5.32 Å². The van der Waals surface area contributed by atoms with Crippen LogP contribution in [0, 0.1) is 11.3 Å². The lowest BCUT2D eigenvalue weighted by molar-refractivity contribution is -0.00268. The monoisotopic (exact) mass is 365 g/mol. The van der Waals surface area contributed by atoms with Crippen LogP contribution in [0.15, 0.2) is 18.3 Å². The van der Waals surface area contributed by atoms with Crippen LogP contribution in [0.3, 0.4) is 0 Å². The molecule has 1 saturated heterocycles. The number of morpholine rings is 1. The molecule has 0 amide bonds. The topological polar surface area (TPSA) is 104 Å². The summed E-state index contributed by atoms with van der Waals surface area (Å²) in [5.74, 6) is 0. The lowest BCUT2D eigenvalue weighted by Gasteiger charge is -2.30. The SMILES string of the molecule is CC1NCCO[C@H]1c1cc(C(C)(C)C#N)c2c(n1)c(-c1cc[nH]n1)nn2C. The van der Waals surface area contributed by atoms with Crippen molar-refractivity contribution in [1.82, 2.24) is 30.3 Å². The molecule has 0 aromatic carbocycles. The number of fused-ring (bicyclic) bond motifs is 1. The zero-order chi connectivity index (χ0) is 19.2. The molecule has 1 aliphatic rings. The molecule has 1 fully saturated rings. The third kappa shape index (κ3) is 2.89. The summed E-state index contributed by atoms with van der Waals surface area (Å²) in [5, 5.41) is 25.0. The minimum atomic E-state index is -0.697. The van der Waals surface area contributed by atoms with Crippen LogP contribution in [0.25, 0.3) is 22.4 Å². The molecule has 0 aliphatic carbocycles. The van der Waals surface area contributed by atoms with Crippen molar-refractivity contribution in [3.8, 4) is 17.5 Å². The number of hydrogen-bond acceptors (Lipinski definition) is 6. The van der Waals surface area contributed by atoms with Gasteiger partial charge in [-0.1, -0.05) is 0 Å². The van der Waals surface area contributed by atoms with Crippen molar-refractivity contribution in [3.63, 3.8) is 0 Å². The fourth-order valence-corrected chi connectivity index (χ4v) is 3.61. The Bertz CT molecular complexity index is 1010. The third-order valence-electron chi connectivity index (χ3n) is 5.12. The highest BCUT2D eigenvalue weighted by atomic mass is 16.5. The molecule has 3 aromatic heterocycles. The molecule has 8 nitrogen and oxygen atoms in total. The summed E-state index contributed by atoms with van der Waals surface area (Å²) >= 11 is 0. The molecule has 0 spiro atoms. The Labute approximate surface area is 157 Å². The van der Waals surface area contributed by atoms with E-state index in [1.165, 1.54) is 0 Å². The van der Waals surface area contributed by atoms with Gasteiger partial charge < -0.3 is 10.1 Å². The first-order valence-electron chi connectivity index (χ1n) is 9.07. The van der Waals surface area contributed by atoms with Crippen molar-refractivity contribution in [1.29, 1.82) is 5.26 Å². The fourth-order valence-electron chi connectivity index (χ4n) is 3.61. The maximum absolute atomic E-state index is 9.78. The van der Waals surface area contributed by atoms with Crippen LogP contribution in [0.5, 0.6) is 0 Å². The van der Waals surface area contributed by atoms with E-state index < -0.39 is 5.41 Å². The molecule has 1 aliphatic heterocycles. The second-order valence-corrected chi connectivity index (χ2v) is 7.49. The Hall–Kier alpha value is -2.76. The third-order valence-corrected chi connectivity index (χ3v) is 5.12. The normalized spacial score (nSPS) is 20.7. The number of rotatable bonds is 3. The van der Waals surface area contributed by atoms with Crippen molar-refractivity contribution in [2.45, 2.75) is 38.3 Å². The van der Waals surface area contributed by atoms with Crippen LogP contribution in [0.1, 0.15) is 38.1 Å². The van der Waals surface area contributed by atoms with E-state index in [4.69, 9.17) is 9.72 Å². The van der Waals surface area contributed by atoms with Gasteiger partial charge in [0.2, 0.25) is 0 Å². The first-order valence-corrected chi connectivity index (χ1v) is 9.07. The van der Waals surface area contributed by atoms with Crippen LogP contribution >= 0.6 is 0 Å². The molecule has 2 atom stereocenters. The molecule has 27 heavy (non-hydrogen) atoms. The lowest BCUT2D eigenvalue weighted by Crippen LogP contribution is -2.41. The average Bonchev–Trinajstić information content (AvgIpc) is 3.29. The number of aromatic nitrogens is 5. The number of ether oxygens (including phenoxy) is 1. The summed E-state index contributed by atoms with van der Waals surface area (Å²) in [6.45, 7) is 7.36. The molecule has 140 valence electrons. The maximum Gasteiger partial charge on any atom is 0.139 e. The lowest BCUT2D eigenvalue weighted by atomic mass is 9.84. The summed E-state index contributed by atoms with van der Waals surface area (Å²) in [7, 11) is 1.87. The van der Waals surface area contributed by atoms with Gasteiger partial charge in [0.05, 0.1) is 29.3 Å². The zero-order valence-electron chi connectivity index (χ0n) is 15.9. The average molecular weight is 365 g/mol. The van der Waals surface area contributed by atoms with E-state index in [1.54, 1.807) is 10.9 Å². The van der Waals surface area contributed by atoms with Crippen molar-refractivity contribution >= 4 is 11.0 Å². The zero-order valence-corrected chi connectivity index (χ0v) is 15.9. The minimum absolute atomic E-state index is 0.132. The highest BCUT2D eigenvalue weighted by molar-refractivity contribution is 5.92. The van der Waals surface area contributed by atoms with Crippen LogP contribution in [0.2, 0.25) is 0 Å². The van der Waals surface area contributed by atoms with Gasteiger partial charge in [-0.15, -0.1) is 0 Å². The van der Waals surface area contributed by atoms with Gasteiger partial charge in [0.1, 0.15) is 23.0 Å². The van der Waals surface area contributed by atoms with Crippen molar-refractivity contribution in [2.24, 2.45) is 7.05 Å². The van der Waals surface area contributed by atoms with Gasteiger partial charge in [0.15, 0.2) is 0 Å². The summed E-state index contributed by atoms with van der Waals surface area (Å²) in [4.78, 5) is 4.92. The van der Waals surface area contributed by atoms with Gasteiger partial charge in [-0.25, -0.2) is 4.98 Å². The van der Waals surface area contributed by atoms with Crippen molar-refractivity contribution in [2.75, 3.05) is 13.2 Å². The predicted molar refractivity (Wildman–Crippen MR) is 101 cm³/mol. The summed E-state index contributed by atoms with van der Waals surface area (Å²) in [5.41, 5.74) is 4.01. The summed E-state index contributed by atoms with van der Waals surface area (Å²) in [6.07, 6.45) is 1.58. The van der Waals surface area contributed by atoms with Gasteiger partial charge in [0, 0.05) is 31.4 Å². The van der Waals surface area contributed by atoms with Gasteiger partial charge in [-0.3, -0.25) is 9.78 Å². The Morgan fingerprint density at radius 2 is 2.22 bits per heavy atom. The maximum atomic E-state index is 9.78. The molecule has 2 N–H and O–H groups in total. The summed E-state index contributed by atoms with van der Waals surface area (Å²) in [6, 6.07) is 6.41. The Morgan fingerprint density at radius 3 is 2.89 bits per heavy atom. The van der Waals surface area contributed by atoms with Gasteiger partial charge >= 0.3 is 0 Å². The van der Waals surface area contributed by atoms with E-state index >= 15 is 0 Å². The second-order valence-electron chi connectivity index (χ2n) is 7.49. The molecule has 0 bridgehead atoms. The number of aryl methyl sites for hydroxylation is 1. The molecule has 3 aromatic rings. The highest BCUT2D eigenvalue weighted by Crippen LogP contribution is 2.36. The molecule has 4 rings (SSSR count). The minimum Gasteiger partial charge on any atom is -0.369 e. The van der Waals surface area contributed by atoms with E-state index in [2.05, 4.69) is 33.6 Å². The quantitative estimate of drug-likeness (QED) is 0.737.